The van der Waals surface area contributed by atoms with Gasteiger partial charge in [0.1, 0.15) is 5.75 Å². The van der Waals surface area contributed by atoms with E-state index in [1.165, 1.54) is 24.8 Å². The Labute approximate surface area is 73.0 Å². The molecule has 0 bridgehead atoms. The fourth-order valence-corrected chi connectivity index (χ4v) is 1.86. The van der Waals surface area contributed by atoms with E-state index in [2.05, 4.69) is 6.92 Å². The lowest BCUT2D eigenvalue weighted by molar-refractivity contribution is 0.272. The molecule has 1 aliphatic carbocycles. The van der Waals surface area contributed by atoms with Crippen molar-refractivity contribution in [1.82, 2.24) is 0 Å². The van der Waals surface area contributed by atoms with Crippen LogP contribution in [0, 0.1) is 0 Å². The average Bonchev–Trinajstić information content (AvgIpc) is 2.02. The van der Waals surface area contributed by atoms with Crippen molar-refractivity contribution in [1.29, 1.82) is 0 Å². The first kappa shape index (κ1) is 7.66. The van der Waals surface area contributed by atoms with Crippen molar-refractivity contribution in [2.24, 2.45) is 0 Å². The molecule has 1 aromatic carbocycles. The van der Waals surface area contributed by atoms with Crippen LogP contribution in [-0.2, 0) is 5.41 Å². The molecule has 0 heterocycles. The zero-order valence-electron chi connectivity index (χ0n) is 7.38. The van der Waals surface area contributed by atoms with Crippen molar-refractivity contribution in [2.45, 2.75) is 31.6 Å². The van der Waals surface area contributed by atoms with Gasteiger partial charge in [-0.25, -0.2) is 0 Å². The van der Waals surface area contributed by atoms with Gasteiger partial charge in [0.2, 0.25) is 0 Å². The second kappa shape index (κ2) is 2.51. The van der Waals surface area contributed by atoms with E-state index in [1.54, 1.807) is 12.1 Å². The summed E-state index contributed by atoms with van der Waals surface area (Å²) in [4.78, 5) is 0. The van der Waals surface area contributed by atoms with Gasteiger partial charge in [0.05, 0.1) is 0 Å². The Bertz CT molecular complexity index is 270. The number of benzene rings is 1. The highest BCUT2D eigenvalue weighted by Crippen LogP contribution is 2.43. The van der Waals surface area contributed by atoms with Crippen molar-refractivity contribution in [3.63, 3.8) is 0 Å². The van der Waals surface area contributed by atoms with Crippen LogP contribution in [0.5, 0.6) is 5.75 Å². The summed E-state index contributed by atoms with van der Waals surface area (Å²) >= 11 is 0. The third-order valence-corrected chi connectivity index (χ3v) is 3.02. The molecule has 0 saturated heterocycles. The average molecular weight is 162 g/mol. The maximum Gasteiger partial charge on any atom is 0.115 e. The molecule has 1 N–H and O–H groups in total. The Morgan fingerprint density at radius 3 is 2.17 bits per heavy atom. The quantitative estimate of drug-likeness (QED) is 0.673. The van der Waals surface area contributed by atoms with Crippen LogP contribution in [0.3, 0.4) is 0 Å². The van der Waals surface area contributed by atoms with Gasteiger partial charge >= 0.3 is 0 Å². The minimum atomic E-state index is 0.363. The zero-order chi connectivity index (χ0) is 8.60. The topological polar surface area (TPSA) is 20.2 Å². The van der Waals surface area contributed by atoms with Crippen LogP contribution >= 0.6 is 0 Å². The maximum absolute atomic E-state index is 9.11. The normalized spacial score (nSPS) is 20.1. The lowest BCUT2D eigenvalue weighted by Gasteiger charge is -2.38. The first-order valence-electron chi connectivity index (χ1n) is 4.50. The maximum atomic E-state index is 9.11. The molecule has 2 rings (SSSR count). The predicted octanol–water partition coefficient (Wildman–Crippen LogP) is 2.83. The second-order valence-corrected chi connectivity index (χ2v) is 3.96. The van der Waals surface area contributed by atoms with Crippen molar-refractivity contribution in [3.8, 4) is 5.75 Å². The molecule has 1 saturated carbocycles. The number of aromatic hydroxyl groups is 1. The third-order valence-electron chi connectivity index (χ3n) is 3.02. The third kappa shape index (κ3) is 1.09. The van der Waals surface area contributed by atoms with Crippen LogP contribution in [0.25, 0.3) is 0 Å². The highest BCUT2D eigenvalue weighted by atomic mass is 16.3. The SMILES string of the molecule is CC1(c2ccc(O)cc2)CCC1. The summed E-state index contributed by atoms with van der Waals surface area (Å²) in [6, 6.07) is 7.63. The van der Waals surface area contributed by atoms with E-state index < -0.39 is 0 Å². The highest BCUT2D eigenvalue weighted by Gasteiger charge is 2.33. The van der Waals surface area contributed by atoms with E-state index in [9.17, 15) is 0 Å². The lowest BCUT2D eigenvalue weighted by Crippen LogP contribution is -2.29. The van der Waals surface area contributed by atoms with Crippen LogP contribution in [0.15, 0.2) is 24.3 Å². The number of hydrogen-bond acceptors (Lipinski definition) is 1. The molecule has 1 fully saturated rings. The van der Waals surface area contributed by atoms with Gasteiger partial charge in [-0.3, -0.25) is 0 Å². The van der Waals surface area contributed by atoms with E-state index >= 15 is 0 Å². The van der Waals surface area contributed by atoms with Gasteiger partial charge in [-0.1, -0.05) is 25.5 Å². The molecule has 0 unspecified atom stereocenters. The summed E-state index contributed by atoms with van der Waals surface area (Å²) in [6.45, 7) is 2.29. The van der Waals surface area contributed by atoms with Crippen molar-refractivity contribution in [2.75, 3.05) is 0 Å². The van der Waals surface area contributed by atoms with Gasteiger partial charge < -0.3 is 5.11 Å². The zero-order valence-corrected chi connectivity index (χ0v) is 7.38. The summed E-state index contributed by atoms with van der Waals surface area (Å²) in [5, 5.41) is 9.11. The largest absolute Gasteiger partial charge is 0.508 e. The standard InChI is InChI=1S/C11H14O/c1-11(7-2-8-11)9-3-5-10(12)6-4-9/h3-6,12H,2,7-8H2,1H3. The highest BCUT2D eigenvalue weighted by molar-refractivity contribution is 5.32. The van der Waals surface area contributed by atoms with Crippen molar-refractivity contribution in [3.05, 3.63) is 29.8 Å². The smallest absolute Gasteiger partial charge is 0.115 e. The van der Waals surface area contributed by atoms with Gasteiger partial charge in [0.25, 0.3) is 0 Å². The lowest BCUT2D eigenvalue weighted by atomic mass is 9.66. The molecule has 1 nitrogen and oxygen atoms in total. The Balaban J connectivity index is 2.28. The second-order valence-electron chi connectivity index (χ2n) is 3.96. The Hall–Kier alpha value is -0.980. The number of hydrogen-bond donors (Lipinski definition) is 1. The molecular weight excluding hydrogens is 148 g/mol. The number of phenols is 1. The van der Waals surface area contributed by atoms with Gasteiger partial charge in [-0.05, 0) is 36.0 Å². The molecule has 0 amide bonds. The molecule has 0 atom stereocenters. The van der Waals surface area contributed by atoms with E-state index in [1.807, 2.05) is 12.1 Å². The van der Waals surface area contributed by atoms with Crippen LogP contribution < -0.4 is 0 Å². The van der Waals surface area contributed by atoms with E-state index in [-0.39, 0.29) is 0 Å². The van der Waals surface area contributed by atoms with Crippen molar-refractivity contribution < 1.29 is 5.11 Å². The van der Waals surface area contributed by atoms with Gasteiger partial charge in [0, 0.05) is 0 Å². The summed E-state index contributed by atoms with van der Waals surface area (Å²) in [7, 11) is 0. The molecule has 64 valence electrons. The molecule has 0 radical (unpaired) electrons. The van der Waals surface area contributed by atoms with Gasteiger partial charge in [-0.15, -0.1) is 0 Å². The first-order chi connectivity index (χ1) is 5.71. The Morgan fingerprint density at radius 2 is 1.75 bits per heavy atom. The molecule has 12 heavy (non-hydrogen) atoms. The summed E-state index contributed by atoms with van der Waals surface area (Å²) in [5.41, 5.74) is 1.76. The van der Waals surface area contributed by atoms with E-state index in [0.717, 1.165) is 0 Å². The number of phenolic OH excluding ortho intramolecular Hbond substituents is 1. The van der Waals surface area contributed by atoms with Crippen LogP contribution in [-0.4, -0.2) is 5.11 Å². The summed E-state index contributed by atoms with van der Waals surface area (Å²) in [5.74, 6) is 0.363. The minimum absolute atomic E-state index is 0.363. The fraction of sp³-hybridized carbons (Fsp3) is 0.455. The molecule has 1 aliphatic rings. The number of rotatable bonds is 1. The Morgan fingerprint density at radius 1 is 1.17 bits per heavy atom. The fourth-order valence-electron chi connectivity index (χ4n) is 1.86. The molecular formula is C11H14O. The molecule has 1 heteroatoms. The van der Waals surface area contributed by atoms with Crippen LogP contribution in [0.2, 0.25) is 0 Å². The van der Waals surface area contributed by atoms with E-state index in [0.29, 0.717) is 11.2 Å². The molecule has 0 aliphatic heterocycles. The van der Waals surface area contributed by atoms with Gasteiger partial charge in [0.15, 0.2) is 0 Å². The molecule has 0 spiro atoms. The van der Waals surface area contributed by atoms with Crippen LogP contribution in [0.4, 0.5) is 0 Å². The van der Waals surface area contributed by atoms with Gasteiger partial charge in [-0.2, -0.15) is 0 Å². The first-order valence-corrected chi connectivity index (χ1v) is 4.50. The molecule has 1 aromatic rings. The van der Waals surface area contributed by atoms with E-state index in [4.69, 9.17) is 5.11 Å². The predicted molar refractivity (Wildman–Crippen MR) is 49.3 cm³/mol. The molecule has 0 aromatic heterocycles. The minimum Gasteiger partial charge on any atom is -0.508 e. The monoisotopic (exact) mass is 162 g/mol. The summed E-state index contributed by atoms with van der Waals surface area (Å²) in [6.07, 6.45) is 3.92. The van der Waals surface area contributed by atoms with Crippen LogP contribution in [0.1, 0.15) is 31.7 Å². The van der Waals surface area contributed by atoms with Crippen molar-refractivity contribution >= 4 is 0 Å². The summed E-state index contributed by atoms with van der Waals surface area (Å²) < 4.78 is 0. The Kier molecular flexibility index (Phi) is 1.60.